The molecule has 2 aliphatic rings. The molecule has 8 nitrogen and oxygen atoms in total. The van der Waals surface area contributed by atoms with Gasteiger partial charge in [0.05, 0.1) is 11.3 Å². The molecule has 2 aliphatic heterocycles. The van der Waals surface area contributed by atoms with Crippen LogP contribution in [0.2, 0.25) is 0 Å². The van der Waals surface area contributed by atoms with Crippen LogP contribution in [0, 0.1) is 13.8 Å². The summed E-state index contributed by atoms with van der Waals surface area (Å²) in [5.74, 6) is 1.61. The highest BCUT2D eigenvalue weighted by atomic mass is 16.6. The molecule has 0 radical (unpaired) electrons. The zero-order valence-corrected chi connectivity index (χ0v) is 19.4. The number of hydrogen-bond acceptors (Lipinski definition) is 7. The number of carbonyl (C=O) groups excluding carboxylic acids is 1. The summed E-state index contributed by atoms with van der Waals surface area (Å²) in [6.45, 7) is 4.06. The van der Waals surface area contributed by atoms with Crippen molar-refractivity contribution in [3.05, 3.63) is 71.8 Å². The summed E-state index contributed by atoms with van der Waals surface area (Å²) in [4.78, 5) is 27.6. The second-order valence-electron chi connectivity index (χ2n) is 8.84. The van der Waals surface area contributed by atoms with Crippen LogP contribution in [0.4, 0.5) is 4.79 Å². The van der Waals surface area contributed by atoms with E-state index < -0.39 is 0 Å². The van der Waals surface area contributed by atoms with Gasteiger partial charge < -0.3 is 19.1 Å². The summed E-state index contributed by atoms with van der Waals surface area (Å²) in [7, 11) is 0. The van der Waals surface area contributed by atoms with Gasteiger partial charge >= 0.3 is 6.09 Å². The number of benzene rings is 1. The molecule has 8 heteroatoms. The van der Waals surface area contributed by atoms with Crippen molar-refractivity contribution >= 4 is 6.09 Å². The first kappa shape index (κ1) is 22.1. The zero-order chi connectivity index (χ0) is 23.5. The topological polar surface area (TPSA) is 86.7 Å². The van der Waals surface area contributed by atoms with E-state index in [1.165, 1.54) is 6.33 Å². The monoisotopic (exact) mass is 460 g/mol. The maximum Gasteiger partial charge on any atom is 0.410 e. The maximum atomic E-state index is 12.8. The first-order chi connectivity index (χ1) is 16.6. The van der Waals surface area contributed by atoms with E-state index in [0.29, 0.717) is 17.5 Å². The predicted octanol–water partition coefficient (Wildman–Crippen LogP) is 4.99. The molecule has 0 N–H and O–H groups in total. The van der Waals surface area contributed by atoms with Crippen molar-refractivity contribution in [2.75, 3.05) is 0 Å². The van der Waals surface area contributed by atoms with Gasteiger partial charge in [0.15, 0.2) is 5.75 Å². The first-order valence-electron chi connectivity index (χ1n) is 11.6. The Kier molecular flexibility index (Phi) is 6.29. The Hall–Kier alpha value is -3.68. The number of piperidine rings is 1. The van der Waals surface area contributed by atoms with E-state index in [2.05, 4.69) is 15.0 Å². The van der Waals surface area contributed by atoms with Crippen LogP contribution in [0.5, 0.6) is 17.5 Å². The fraction of sp³-hybridized carbons (Fsp3) is 0.385. The second kappa shape index (κ2) is 9.67. The zero-order valence-electron chi connectivity index (χ0n) is 19.4. The Morgan fingerprint density at radius 2 is 1.71 bits per heavy atom. The Balaban J connectivity index is 1.22. The SMILES string of the molecule is Cc1ncccc1Oc1ncnc(OC2CC3CCC(C2)N3C(=O)OCc2ccccc2)c1C. The van der Waals surface area contributed by atoms with Crippen LogP contribution in [-0.2, 0) is 11.3 Å². The fourth-order valence-electron chi connectivity index (χ4n) is 4.80. The van der Waals surface area contributed by atoms with Crippen molar-refractivity contribution in [3.63, 3.8) is 0 Å². The highest BCUT2D eigenvalue weighted by molar-refractivity contribution is 5.69. The predicted molar refractivity (Wildman–Crippen MR) is 125 cm³/mol. The summed E-state index contributed by atoms with van der Waals surface area (Å²) >= 11 is 0. The lowest BCUT2D eigenvalue weighted by atomic mass is 10.0. The van der Waals surface area contributed by atoms with E-state index in [9.17, 15) is 4.79 Å². The van der Waals surface area contributed by atoms with Crippen molar-refractivity contribution in [3.8, 4) is 17.5 Å². The van der Waals surface area contributed by atoms with Crippen molar-refractivity contribution in [1.82, 2.24) is 19.9 Å². The third-order valence-corrected chi connectivity index (χ3v) is 6.54. The van der Waals surface area contributed by atoms with E-state index in [-0.39, 0.29) is 30.9 Å². The molecule has 2 unspecified atom stereocenters. The van der Waals surface area contributed by atoms with Crippen LogP contribution in [0.1, 0.15) is 42.5 Å². The average molecular weight is 461 g/mol. The molecule has 5 rings (SSSR count). The quantitative estimate of drug-likeness (QED) is 0.512. The molecule has 2 bridgehead atoms. The van der Waals surface area contributed by atoms with Gasteiger partial charge in [-0.25, -0.2) is 14.8 Å². The molecule has 2 fully saturated rings. The Morgan fingerprint density at radius 1 is 0.971 bits per heavy atom. The molecule has 1 aromatic carbocycles. The van der Waals surface area contributed by atoms with E-state index >= 15 is 0 Å². The Bertz CT molecular complexity index is 1140. The van der Waals surface area contributed by atoms with Crippen molar-refractivity contribution in [2.45, 2.75) is 64.3 Å². The molecule has 176 valence electrons. The minimum atomic E-state index is -0.240. The largest absolute Gasteiger partial charge is 0.474 e. The third-order valence-electron chi connectivity index (χ3n) is 6.54. The van der Waals surface area contributed by atoms with E-state index in [4.69, 9.17) is 14.2 Å². The second-order valence-corrected chi connectivity index (χ2v) is 8.84. The number of aryl methyl sites for hydroxylation is 1. The molecule has 2 saturated heterocycles. The summed E-state index contributed by atoms with van der Waals surface area (Å²) in [5, 5.41) is 0. The molecular formula is C26H28N4O4. The lowest BCUT2D eigenvalue weighted by molar-refractivity contribution is 0.0288. The molecule has 34 heavy (non-hydrogen) atoms. The summed E-state index contributed by atoms with van der Waals surface area (Å²) < 4.78 is 17.9. The highest BCUT2D eigenvalue weighted by Gasteiger charge is 2.45. The summed E-state index contributed by atoms with van der Waals surface area (Å²) in [6, 6.07) is 13.7. The fourth-order valence-corrected chi connectivity index (χ4v) is 4.80. The van der Waals surface area contributed by atoms with Crippen LogP contribution >= 0.6 is 0 Å². The number of rotatable bonds is 6. The van der Waals surface area contributed by atoms with Crippen molar-refractivity contribution in [2.24, 2.45) is 0 Å². The van der Waals surface area contributed by atoms with Crippen molar-refractivity contribution in [1.29, 1.82) is 0 Å². The van der Waals surface area contributed by atoms with E-state index in [0.717, 1.165) is 42.5 Å². The average Bonchev–Trinajstić information content (AvgIpc) is 3.12. The van der Waals surface area contributed by atoms with Gasteiger partial charge in [0.25, 0.3) is 0 Å². The molecule has 0 aliphatic carbocycles. The van der Waals surface area contributed by atoms with Gasteiger partial charge in [0.1, 0.15) is 19.0 Å². The van der Waals surface area contributed by atoms with Crippen LogP contribution in [0.25, 0.3) is 0 Å². The van der Waals surface area contributed by atoms with Gasteiger partial charge in [-0.2, -0.15) is 0 Å². The summed E-state index contributed by atoms with van der Waals surface area (Å²) in [6.07, 6.45) is 6.32. The van der Waals surface area contributed by atoms with Crippen LogP contribution in [0.15, 0.2) is 55.0 Å². The lowest BCUT2D eigenvalue weighted by Crippen LogP contribution is -2.49. The third kappa shape index (κ3) is 4.66. The number of aromatic nitrogens is 3. The Labute approximate surface area is 198 Å². The van der Waals surface area contributed by atoms with Gasteiger partial charge in [-0.15, -0.1) is 0 Å². The number of carbonyl (C=O) groups is 1. The molecule has 4 heterocycles. The lowest BCUT2D eigenvalue weighted by Gasteiger charge is -2.38. The van der Waals surface area contributed by atoms with Crippen LogP contribution < -0.4 is 9.47 Å². The number of hydrogen-bond donors (Lipinski definition) is 0. The normalized spacial score (nSPS) is 21.2. The van der Waals surface area contributed by atoms with E-state index in [1.54, 1.807) is 6.20 Å². The molecule has 0 spiro atoms. The van der Waals surface area contributed by atoms with Gasteiger partial charge in [-0.3, -0.25) is 4.98 Å². The minimum absolute atomic E-state index is 0.0303. The molecular weight excluding hydrogens is 432 g/mol. The number of nitrogens with zero attached hydrogens (tertiary/aromatic N) is 4. The number of pyridine rings is 1. The van der Waals surface area contributed by atoms with Gasteiger partial charge in [-0.05, 0) is 44.4 Å². The molecule has 3 aromatic rings. The highest BCUT2D eigenvalue weighted by Crippen LogP contribution is 2.38. The van der Waals surface area contributed by atoms with Crippen LogP contribution in [-0.4, -0.2) is 44.1 Å². The van der Waals surface area contributed by atoms with E-state index in [1.807, 2.05) is 61.2 Å². The standard InChI is InChI=1S/C26H28N4O4/c1-17-24(28-16-29-25(17)34-23-9-6-12-27-18(23)2)33-22-13-20-10-11-21(14-22)30(20)26(31)32-15-19-7-4-3-5-8-19/h3-9,12,16,20-22H,10-11,13-15H2,1-2H3. The molecule has 1 amide bonds. The van der Waals surface area contributed by atoms with Gasteiger partial charge in [0, 0.05) is 31.1 Å². The minimum Gasteiger partial charge on any atom is -0.474 e. The molecule has 2 aromatic heterocycles. The summed E-state index contributed by atoms with van der Waals surface area (Å²) in [5.41, 5.74) is 2.51. The van der Waals surface area contributed by atoms with Crippen molar-refractivity contribution < 1.29 is 19.0 Å². The smallest absolute Gasteiger partial charge is 0.410 e. The number of fused-ring (bicyclic) bond motifs is 2. The van der Waals surface area contributed by atoms with Gasteiger partial charge in [-0.1, -0.05) is 30.3 Å². The first-order valence-corrected chi connectivity index (χ1v) is 11.6. The number of amides is 1. The van der Waals surface area contributed by atoms with Gasteiger partial charge in [0.2, 0.25) is 11.8 Å². The molecule has 0 saturated carbocycles. The Morgan fingerprint density at radius 3 is 2.44 bits per heavy atom. The number of ether oxygens (including phenoxy) is 3. The molecule has 2 atom stereocenters. The van der Waals surface area contributed by atoms with Crippen LogP contribution in [0.3, 0.4) is 0 Å². The maximum absolute atomic E-state index is 12.8.